The Morgan fingerprint density at radius 1 is 1.14 bits per heavy atom. The number of anilines is 1. The number of rotatable bonds is 9. The Kier molecular flexibility index (Phi) is 9.34. The van der Waals surface area contributed by atoms with Crippen molar-refractivity contribution in [2.24, 2.45) is 5.92 Å². The molecule has 8 nitrogen and oxygen atoms in total. The van der Waals surface area contributed by atoms with Crippen molar-refractivity contribution in [1.82, 2.24) is 10.3 Å². The molecule has 2 aromatic rings. The second kappa shape index (κ2) is 12.0. The lowest BCUT2D eigenvalue weighted by Gasteiger charge is -2.23. The Hall–Kier alpha value is -3.94. The van der Waals surface area contributed by atoms with Crippen molar-refractivity contribution in [3.63, 3.8) is 0 Å². The number of carbonyl (C=O) groups excluding carboxylic acids is 3. The number of benzene rings is 1. The topological polar surface area (TPSA) is 107 Å². The predicted octanol–water partition coefficient (Wildman–Crippen LogP) is 5.44. The fourth-order valence-electron chi connectivity index (χ4n) is 3.17. The summed E-state index contributed by atoms with van der Waals surface area (Å²) in [5, 5.41) is 5.71. The summed E-state index contributed by atoms with van der Waals surface area (Å²) in [6.07, 6.45) is 4.66. The molecule has 0 fully saturated rings. The van der Waals surface area contributed by atoms with E-state index in [4.69, 9.17) is 9.47 Å². The minimum Gasteiger partial charge on any atom is -0.465 e. The Morgan fingerprint density at radius 2 is 1.86 bits per heavy atom. The maximum Gasteiger partial charge on any atom is 0.408 e. The van der Waals surface area contributed by atoms with Crippen molar-refractivity contribution in [3.05, 3.63) is 73.1 Å². The van der Waals surface area contributed by atoms with Crippen molar-refractivity contribution in [2.45, 2.75) is 45.8 Å². The quantitative estimate of drug-likeness (QED) is 0.366. The molecule has 2 amide bonds. The summed E-state index contributed by atoms with van der Waals surface area (Å²) in [5.74, 6) is -1.15. The van der Waals surface area contributed by atoms with Crippen LogP contribution in [-0.4, -0.2) is 35.7 Å². The van der Waals surface area contributed by atoms with Crippen LogP contribution in [0.2, 0.25) is 0 Å². The molecule has 8 heteroatoms. The van der Waals surface area contributed by atoms with E-state index in [0.29, 0.717) is 34.5 Å². The van der Waals surface area contributed by atoms with Crippen molar-refractivity contribution in [1.29, 1.82) is 0 Å². The number of nitrogens with one attached hydrogen (secondary N) is 2. The van der Waals surface area contributed by atoms with E-state index < -0.39 is 29.6 Å². The van der Waals surface area contributed by atoms with Crippen molar-refractivity contribution in [2.75, 3.05) is 12.4 Å². The largest absolute Gasteiger partial charge is 0.465 e. The summed E-state index contributed by atoms with van der Waals surface area (Å²) in [5.41, 5.74) is 2.02. The van der Waals surface area contributed by atoms with Crippen molar-refractivity contribution in [3.8, 4) is 11.1 Å². The van der Waals surface area contributed by atoms with Gasteiger partial charge in [-0.05, 0) is 63.1 Å². The number of hydrogen-bond donors (Lipinski definition) is 2. The number of nitrogens with zero attached hydrogens (tertiary/aromatic N) is 1. The van der Waals surface area contributed by atoms with Gasteiger partial charge in [-0.25, -0.2) is 9.59 Å². The zero-order valence-electron chi connectivity index (χ0n) is 20.9. The van der Waals surface area contributed by atoms with Crippen molar-refractivity contribution >= 4 is 23.7 Å². The Bertz CT molecular complexity index is 1100. The molecule has 2 N–H and O–H groups in total. The third-order valence-electron chi connectivity index (χ3n) is 5.01. The molecule has 0 bridgehead atoms. The molecule has 2 atom stereocenters. The second-order valence-electron chi connectivity index (χ2n) is 8.96. The first-order valence-electron chi connectivity index (χ1n) is 11.2. The number of amides is 2. The maximum atomic E-state index is 12.5. The van der Waals surface area contributed by atoms with E-state index in [2.05, 4.69) is 28.8 Å². The van der Waals surface area contributed by atoms with E-state index in [1.807, 2.05) is 0 Å². The Labute approximate surface area is 206 Å². The summed E-state index contributed by atoms with van der Waals surface area (Å²) >= 11 is 0. The minimum atomic E-state index is -0.651. The maximum absolute atomic E-state index is 12.5. The van der Waals surface area contributed by atoms with Gasteiger partial charge in [0.1, 0.15) is 5.60 Å². The van der Waals surface area contributed by atoms with Gasteiger partial charge >= 0.3 is 12.1 Å². The number of methoxy groups -OCH3 is 1. The number of esters is 1. The molecule has 1 heterocycles. The van der Waals surface area contributed by atoms with Gasteiger partial charge in [0, 0.05) is 17.4 Å². The molecule has 186 valence electrons. The van der Waals surface area contributed by atoms with E-state index in [1.54, 1.807) is 76.4 Å². The Morgan fingerprint density at radius 3 is 2.46 bits per heavy atom. The number of alkyl carbamates (subject to hydrolysis) is 1. The van der Waals surface area contributed by atoms with Gasteiger partial charge in [-0.1, -0.05) is 19.1 Å². The van der Waals surface area contributed by atoms with Gasteiger partial charge in [0.2, 0.25) is 5.91 Å². The highest BCUT2D eigenvalue weighted by molar-refractivity contribution is 5.99. The summed E-state index contributed by atoms with van der Waals surface area (Å²) < 4.78 is 10.2. The smallest absolute Gasteiger partial charge is 0.408 e. The number of pyridine rings is 1. The fourth-order valence-corrected chi connectivity index (χ4v) is 3.17. The first kappa shape index (κ1) is 27.3. The van der Waals surface area contributed by atoms with Crippen LogP contribution in [0.1, 0.15) is 56.2 Å². The molecule has 1 aromatic carbocycles. The van der Waals surface area contributed by atoms with Crippen molar-refractivity contribution < 1.29 is 23.9 Å². The van der Waals surface area contributed by atoms with Gasteiger partial charge in [0.25, 0.3) is 0 Å². The molecule has 0 saturated carbocycles. The van der Waals surface area contributed by atoms with Crippen LogP contribution in [0.15, 0.2) is 61.8 Å². The van der Waals surface area contributed by atoms with Gasteiger partial charge in [-0.15, -0.1) is 13.2 Å². The minimum absolute atomic E-state index is 0.238. The molecule has 2 rings (SSSR count). The van der Waals surface area contributed by atoms with E-state index in [1.165, 1.54) is 7.11 Å². The summed E-state index contributed by atoms with van der Waals surface area (Å²) in [6.45, 7) is 14.5. The zero-order valence-corrected chi connectivity index (χ0v) is 20.9. The van der Waals surface area contributed by atoms with Crippen LogP contribution < -0.4 is 10.6 Å². The molecule has 1 aromatic heterocycles. The Balaban J connectivity index is 2.51. The molecule has 0 spiro atoms. The SMILES string of the molecule is C=CC[C@H](NC(=O)OC(C)(C)C)c1cc(-c2cc(C(=O)OC)ccc2NC(=O)[C@H](C)C=C)ccn1. The molecule has 0 aliphatic carbocycles. The van der Waals surface area contributed by atoms with Gasteiger partial charge in [-0.3, -0.25) is 9.78 Å². The molecule has 0 saturated heterocycles. The first-order valence-corrected chi connectivity index (χ1v) is 11.2. The number of aromatic nitrogens is 1. The van der Waals surface area contributed by atoms with Crippen LogP contribution in [0, 0.1) is 5.92 Å². The van der Waals surface area contributed by atoms with E-state index in [0.717, 1.165) is 0 Å². The third-order valence-corrected chi connectivity index (χ3v) is 5.01. The van der Waals surface area contributed by atoms with E-state index in [9.17, 15) is 14.4 Å². The summed E-state index contributed by atoms with van der Waals surface area (Å²) in [4.78, 5) is 41.5. The molecule has 35 heavy (non-hydrogen) atoms. The zero-order chi connectivity index (χ0) is 26.2. The fraction of sp³-hybridized carbons (Fsp3) is 0.333. The highest BCUT2D eigenvalue weighted by Gasteiger charge is 2.22. The van der Waals surface area contributed by atoms with Crippen LogP contribution in [0.4, 0.5) is 10.5 Å². The lowest BCUT2D eigenvalue weighted by atomic mass is 9.98. The highest BCUT2D eigenvalue weighted by Crippen LogP contribution is 2.31. The third kappa shape index (κ3) is 7.81. The molecular weight excluding hydrogens is 446 g/mol. The van der Waals surface area contributed by atoms with Crippen LogP contribution in [0.25, 0.3) is 11.1 Å². The van der Waals surface area contributed by atoms with E-state index in [-0.39, 0.29) is 5.91 Å². The monoisotopic (exact) mass is 479 g/mol. The van der Waals surface area contributed by atoms with E-state index >= 15 is 0 Å². The van der Waals surface area contributed by atoms with Crippen LogP contribution in [0.3, 0.4) is 0 Å². The average Bonchev–Trinajstić information content (AvgIpc) is 2.81. The lowest BCUT2D eigenvalue weighted by molar-refractivity contribution is -0.118. The lowest BCUT2D eigenvalue weighted by Crippen LogP contribution is -2.35. The second-order valence-corrected chi connectivity index (χ2v) is 8.96. The standard InChI is InChI=1S/C27H33N3O5/c1-8-10-22(30-26(33)35-27(4,5)6)23-16-18(13-14-28-23)20-15-19(25(32)34-7)11-12-21(20)29-24(31)17(3)9-2/h8-9,11-17,22H,1-2,10H2,3-7H3,(H,29,31)(H,30,33)/t17-,22+/m1/s1. The van der Waals surface area contributed by atoms with Crippen LogP contribution in [0.5, 0.6) is 0 Å². The molecule has 0 aliphatic heterocycles. The van der Waals surface area contributed by atoms with Gasteiger partial charge < -0.3 is 20.1 Å². The number of hydrogen-bond acceptors (Lipinski definition) is 6. The number of ether oxygens (including phenoxy) is 2. The average molecular weight is 480 g/mol. The van der Waals surface area contributed by atoms with Gasteiger partial charge in [0.15, 0.2) is 0 Å². The predicted molar refractivity (Wildman–Crippen MR) is 136 cm³/mol. The van der Waals surface area contributed by atoms with Gasteiger partial charge in [0.05, 0.1) is 30.3 Å². The summed E-state index contributed by atoms with van der Waals surface area (Å²) in [6, 6.07) is 7.92. The number of carbonyl (C=O) groups is 3. The normalized spacial score (nSPS) is 12.6. The highest BCUT2D eigenvalue weighted by atomic mass is 16.6. The van der Waals surface area contributed by atoms with Crippen LogP contribution >= 0.6 is 0 Å². The molecule has 0 aliphatic rings. The van der Waals surface area contributed by atoms with Crippen LogP contribution in [-0.2, 0) is 14.3 Å². The van der Waals surface area contributed by atoms with Gasteiger partial charge in [-0.2, -0.15) is 0 Å². The molecule has 0 unspecified atom stereocenters. The first-order chi connectivity index (χ1) is 16.5. The molecule has 0 radical (unpaired) electrons. The summed E-state index contributed by atoms with van der Waals surface area (Å²) in [7, 11) is 1.30. The molecular formula is C27H33N3O5.